The minimum atomic E-state index is -0.490. The summed E-state index contributed by atoms with van der Waals surface area (Å²) in [7, 11) is 0. The molecule has 1 aromatic rings. The fourth-order valence-electron chi connectivity index (χ4n) is 1.79. The van der Waals surface area contributed by atoms with Crippen LogP contribution in [-0.4, -0.2) is 16.9 Å². The number of non-ortho nitro benzene ring substituents is 1. The van der Waals surface area contributed by atoms with Crippen molar-refractivity contribution < 1.29 is 9.72 Å². The molecule has 6 heteroatoms. The summed E-state index contributed by atoms with van der Waals surface area (Å²) in [6, 6.07) is 4.44. The van der Waals surface area contributed by atoms with Crippen LogP contribution in [0.25, 0.3) is 0 Å². The smallest absolute Gasteiger partial charge is 0.270 e. The second kappa shape index (κ2) is 7.42. The first-order valence-electron chi connectivity index (χ1n) is 6.24. The Morgan fingerprint density at radius 3 is 2.68 bits per heavy atom. The van der Waals surface area contributed by atoms with E-state index in [-0.39, 0.29) is 17.6 Å². The van der Waals surface area contributed by atoms with Gasteiger partial charge in [0, 0.05) is 21.7 Å². The molecule has 0 aromatic heterocycles. The maximum Gasteiger partial charge on any atom is 0.270 e. The molecule has 1 N–H and O–H groups in total. The second-order valence-corrected chi connectivity index (χ2v) is 5.45. The molecular formula is C13H17IN2O3. The lowest BCUT2D eigenvalue weighted by Crippen LogP contribution is -2.34. The highest BCUT2D eigenvalue weighted by Gasteiger charge is 2.17. The number of benzene rings is 1. The molecule has 0 aliphatic rings. The largest absolute Gasteiger partial charge is 0.349 e. The molecule has 0 fully saturated rings. The van der Waals surface area contributed by atoms with E-state index in [0.29, 0.717) is 9.13 Å². The number of hydrogen-bond acceptors (Lipinski definition) is 3. The Labute approximate surface area is 126 Å². The van der Waals surface area contributed by atoms with Crippen molar-refractivity contribution in [2.45, 2.75) is 39.2 Å². The van der Waals surface area contributed by atoms with Gasteiger partial charge >= 0.3 is 0 Å². The van der Waals surface area contributed by atoms with Gasteiger partial charge in [0.05, 0.1) is 10.5 Å². The Kier molecular flexibility index (Phi) is 6.20. The lowest BCUT2D eigenvalue weighted by Gasteiger charge is -2.16. The van der Waals surface area contributed by atoms with Crippen molar-refractivity contribution in [1.82, 2.24) is 5.32 Å². The monoisotopic (exact) mass is 376 g/mol. The standard InChI is InChI=1S/C13H17IN2O3/c1-3-5-9(4-2)15-13(17)11-8-10(16(18)19)6-7-12(11)14/h6-9H,3-5H2,1-2H3,(H,15,17). The molecule has 1 amide bonds. The fourth-order valence-corrected chi connectivity index (χ4v) is 2.37. The van der Waals surface area contributed by atoms with Crippen LogP contribution in [-0.2, 0) is 0 Å². The van der Waals surface area contributed by atoms with Crippen LogP contribution in [0.1, 0.15) is 43.5 Å². The van der Waals surface area contributed by atoms with Gasteiger partial charge in [-0.1, -0.05) is 20.3 Å². The van der Waals surface area contributed by atoms with Crippen LogP contribution < -0.4 is 5.32 Å². The summed E-state index contributed by atoms with van der Waals surface area (Å²) in [5.41, 5.74) is 0.304. The number of nitro groups is 1. The Bertz CT molecular complexity index is 477. The fraction of sp³-hybridized carbons (Fsp3) is 0.462. The van der Waals surface area contributed by atoms with Crippen molar-refractivity contribution >= 4 is 34.2 Å². The number of carbonyl (C=O) groups is 1. The maximum absolute atomic E-state index is 12.1. The van der Waals surface area contributed by atoms with E-state index in [9.17, 15) is 14.9 Å². The van der Waals surface area contributed by atoms with Gasteiger partial charge in [0.25, 0.3) is 11.6 Å². The minimum Gasteiger partial charge on any atom is -0.349 e. The SMILES string of the molecule is CCCC(CC)NC(=O)c1cc([N+](=O)[O-])ccc1I. The van der Waals surface area contributed by atoms with Crippen LogP contribution in [0.3, 0.4) is 0 Å². The molecular weight excluding hydrogens is 359 g/mol. The summed E-state index contributed by atoms with van der Waals surface area (Å²) in [5, 5.41) is 13.7. The number of halogens is 1. The van der Waals surface area contributed by atoms with Crippen molar-refractivity contribution in [1.29, 1.82) is 0 Å². The third-order valence-corrected chi connectivity index (χ3v) is 3.81. The number of rotatable bonds is 6. The molecule has 104 valence electrons. The van der Waals surface area contributed by atoms with Gasteiger partial charge in [-0.05, 0) is 41.5 Å². The maximum atomic E-state index is 12.1. The molecule has 5 nitrogen and oxygen atoms in total. The third kappa shape index (κ3) is 4.45. The van der Waals surface area contributed by atoms with Crippen molar-refractivity contribution in [3.8, 4) is 0 Å². The summed E-state index contributed by atoms with van der Waals surface area (Å²) < 4.78 is 0.715. The Balaban J connectivity index is 2.92. The van der Waals surface area contributed by atoms with Gasteiger partial charge in [0.2, 0.25) is 0 Å². The van der Waals surface area contributed by atoms with Crippen molar-refractivity contribution in [3.63, 3.8) is 0 Å². The van der Waals surface area contributed by atoms with E-state index in [4.69, 9.17) is 0 Å². The lowest BCUT2D eigenvalue weighted by molar-refractivity contribution is -0.384. The predicted octanol–water partition coefficient (Wildman–Crippen LogP) is 3.51. The summed E-state index contributed by atoms with van der Waals surface area (Å²) in [4.78, 5) is 22.4. The molecule has 19 heavy (non-hydrogen) atoms. The first-order chi connectivity index (χ1) is 8.99. The van der Waals surface area contributed by atoms with Gasteiger partial charge in [0.1, 0.15) is 0 Å². The van der Waals surface area contributed by atoms with Crippen LogP contribution in [0.4, 0.5) is 5.69 Å². The molecule has 1 atom stereocenters. The van der Waals surface area contributed by atoms with E-state index in [0.717, 1.165) is 19.3 Å². The number of nitrogens with one attached hydrogen (secondary N) is 1. The van der Waals surface area contributed by atoms with Crippen LogP contribution in [0, 0.1) is 13.7 Å². The normalized spacial score (nSPS) is 11.9. The average molecular weight is 376 g/mol. The predicted molar refractivity (Wildman–Crippen MR) is 82.3 cm³/mol. The minimum absolute atomic E-state index is 0.0610. The summed E-state index contributed by atoms with van der Waals surface area (Å²) in [6.45, 7) is 4.07. The molecule has 1 rings (SSSR count). The zero-order valence-electron chi connectivity index (χ0n) is 11.0. The van der Waals surface area contributed by atoms with Gasteiger partial charge in [-0.25, -0.2) is 0 Å². The highest BCUT2D eigenvalue weighted by Crippen LogP contribution is 2.20. The van der Waals surface area contributed by atoms with Gasteiger partial charge < -0.3 is 5.32 Å². The summed E-state index contributed by atoms with van der Waals surface area (Å²) in [6.07, 6.45) is 2.75. The molecule has 0 bridgehead atoms. The van der Waals surface area contributed by atoms with E-state index in [1.807, 2.05) is 29.5 Å². The lowest BCUT2D eigenvalue weighted by atomic mass is 10.1. The zero-order valence-corrected chi connectivity index (χ0v) is 13.1. The third-order valence-electron chi connectivity index (χ3n) is 2.87. The highest BCUT2D eigenvalue weighted by molar-refractivity contribution is 14.1. The van der Waals surface area contributed by atoms with E-state index < -0.39 is 4.92 Å². The summed E-state index contributed by atoms with van der Waals surface area (Å²) >= 11 is 2.01. The topological polar surface area (TPSA) is 72.2 Å². The van der Waals surface area contributed by atoms with E-state index in [2.05, 4.69) is 12.2 Å². The number of amides is 1. The zero-order chi connectivity index (χ0) is 14.4. The Morgan fingerprint density at radius 2 is 2.16 bits per heavy atom. The molecule has 0 saturated carbocycles. The number of hydrogen-bond donors (Lipinski definition) is 1. The highest BCUT2D eigenvalue weighted by atomic mass is 127. The van der Waals surface area contributed by atoms with Crippen LogP contribution in [0.5, 0.6) is 0 Å². The second-order valence-electron chi connectivity index (χ2n) is 4.29. The van der Waals surface area contributed by atoms with Crippen molar-refractivity contribution in [2.24, 2.45) is 0 Å². The molecule has 0 aliphatic heterocycles. The molecule has 0 aliphatic carbocycles. The first kappa shape index (κ1) is 15.9. The number of carbonyl (C=O) groups excluding carboxylic acids is 1. The summed E-state index contributed by atoms with van der Waals surface area (Å²) in [5.74, 6) is -0.242. The van der Waals surface area contributed by atoms with Gasteiger partial charge in [-0.2, -0.15) is 0 Å². The number of nitro benzene ring substituents is 1. The Hall–Kier alpha value is -1.18. The van der Waals surface area contributed by atoms with Crippen molar-refractivity contribution in [2.75, 3.05) is 0 Å². The first-order valence-corrected chi connectivity index (χ1v) is 7.32. The van der Waals surface area contributed by atoms with Gasteiger partial charge in [-0.3, -0.25) is 14.9 Å². The quantitative estimate of drug-likeness (QED) is 0.469. The molecule has 1 aromatic carbocycles. The van der Waals surface area contributed by atoms with Gasteiger partial charge in [0.15, 0.2) is 0 Å². The van der Waals surface area contributed by atoms with Gasteiger partial charge in [-0.15, -0.1) is 0 Å². The van der Waals surface area contributed by atoms with E-state index in [1.54, 1.807) is 6.07 Å². The molecule has 0 spiro atoms. The molecule has 0 saturated heterocycles. The molecule has 0 radical (unpaired) electrons. The molecule has 0 heterocycles. The van der Waals surface area contributed by atoms with Crippen LogP contribution in [0.15, 0.2) is 18.2 Å². The number of nitrogens with zero attached hydrogens (tertiary/aromatic N) is 1. The average Bonchev–Trinajstić information content (AvgIpc) is 2.38. The Morgan fingerprint density at radius 1 is 1.47 bits per heavy atom. The van der Waals surface area contributed by atoms with Crippen LogP contribution >= 0.6 is 22.6 Å². The molecule has 1 unspecified atom stereocenters. The van der Waals surface area contributed by atoms with Crippen LogP contribution in [0.2, 0.25) is 0 Å². The van der Waals surface area contributed by atoms with E-state index in [1.165, 1.54) is 12.1 Å². The van der Waals surface area contributed by atoms with E-state index >= 15 is 0 Å². The van der Waals surface area contributed by atoms with Crippen molar-refractivity contribution in [3.05, 3.63) is 37.4 Å².